The van der Waals surface area contributed by atoms with Gasteiger partial charge in [0, 0.05) is 20.2 Å². The van der Waals surface area contributed by atoms with Crippen LogP contribution in [0.2, 0.25) is 0 Å². The molecule has 4 N–H and O–H groups in total. The van der Waals surface area contributed by atoms with Crippen molar-refractivity contribution in [3.8, 4) is 0 Å². The molecule has 114 valence electrons. The van der Waals surface area contributed by atoms with Gasteiger partial charge in [0.05, 0.1) is 11.5 Å². The Morgan fingerprint density at radius 3 is 2.20 bits per heavy atom. The average molecular weight is 323 g/mol. The number of nitrogens with two attached hydrogens (primary N) is 1. The fourth-order valence-electron chi connectivity index (χ4n) is 1.30. The fourth-order valence-corrected chi connectivity index (χ4v) is 2.63. The fraction of sp³-hybridized carbons (Fsp3) is 0.400. The van der Waals surface area contributed by atoms with E-state index in [9.17, 15) is 16.8 Å². The third-order valence-corrected chi connectivity index (χ3v) is 4.35. The van der Waals surface area contributed by atoms with Gasteiger partial charge in [-0.3, -0.25) is 0 Å². The Morgan fingerprint density at radius 1 is 1.10 bits per heavy atom. The van der Waals surface area contributed by atoms with Crippen LogP contribution in [0, 0.1) is 0 Å². The van der Waals surface area contributed by atoms with Crippen molar-refractivity contribution in [3.63, 3.8) is 0 Å². The van der Waals surface area contributed by atoms with Gasteiger partial charge >= 0.3 is 0 Å². The molecule has 0 spiro atoms. The smallest absolute Gasteiger partial charge is 0.277 e. The van der Waals surface area contributed by atoms with Crippen LogP contribution in [-0.4, -0.2) is 37.1 Å². The van der Waals surface area contributed by atoms with E-state index in [-0.39, 0.29) is 24.6 Å². The standard InChI is InChI=1S/C10H17N3O5S2/c1-18-7-6-12-20(16,17)13-8-9-2-4-10(5-3-9)19(11,14)15/h2-5,12-13H,6-8H2,1H3,(H2,11,14,15). The van der Waals surface area contributed by atoms with E-state index in [0.717, 1.165) is 0 Å². The summed E-state index contributed by atoms with van der Waals surface area (Å²) in [5.41, 5.74) is 0.606. The third-order valence-electron chi connectivity index (χ3n) is 2.32. The summed E-state index contributed by atoms with van der Waals surface area (Å²) in [6.07, 6.45) is 0. The van der Waals surface area contributed by atoms with Crippen LogP contribution in [0.15, 0.2) is 29.2 Å². The van der Waals surface area contributed by atoms with Crippen LogP contribution in [-0.2, 0) is 31.5 Å². The molecular weight excluding hydrogens is 306 g/mol. The van der Waals surface area contributed by atoms with Gasteiger partial charge in [-0.25, -0.2) is 13.6 Å². The van der Waals surface area contributed by atoms with Gasteiger partial charge in [-0.1, -0.05) is 12.1 Å². The van der Waals surface area contributed by atoms with Crippen LogP contribution in [0.25, 0.3) is 0 Å². The summed E-state index contributed by atoms with van der Waals surface area (Å²) in [7, 11) is -5.89. The highest BCUT2D eigenvalue weighted by molar-refractivity contribution is 7.89. The molecule has 0 saturated heterocycles. The lowest BCUT2D eigenvalue weighted by atomic mass is 10.2. The molecule has 0 radical (unpaired) electrons. The largest absolute Gasteiger partial charge is 0.383 e. The first-order valence-corrected chi connectivity index (χ1v) is 8.62. The van der Waals surface area contributed by atoms with E-state index >= 15 is 0 Å². The molecule has 0 unspecified atom stereocenters. The van der Waals surface area contributed by atoms with Crippen molar-refractivity contribution in [1.29, 1.82) is 0 Å². The van der Waals surface area contributed by atoms with Crippen molar-refractivity contribution in [2.45, 2.75) is 11.4 Å². The monoisotopic (exact) mass is 323 g/mol. The first-order valence-electron chi connectivity index (χ1n) is 5.59. The molecule has 0 aliphatic heterocycles. The van der Waals surface area contributed by atoms with Crippen molar-refractivity contribution < 1.29 is 21.6 Å². The van der Waals surface area contributed by atoms with Gasteiger partial charge in [0.1, 0.15) is 0 Å². The van der Waals surface area contributed by atoms with E-state index in [1.165, 1.54) is 31.4 Å². The van der Waals surface area contributed by atoms with Crippen LogP contribution >= 0.6 is 0 Å². The van der Waals surface area contributed by atoms with E-state index in [1.54, 1.807) is 0 Å². The molecule has 0 aliphatic rings. The van der Waals surface area contributed by atoms with Gasteiger partial charge in [0.25, 0.3) is 10.2 Å². The molecule has 0 atom stereocenters. The maximum atomic E-state index is 11.5. The van der Waals surface area contributed by atoms with Gasteiger partial charge < -0.3 is 4.74 Å². The first kappa shape index (κ1) is 17.0. The summed E-state index contributed by atoms with van der Waals surface area (Å²) < 4.78 is 54.5. The van der Waals surface area contributed by atoms with Gasteiger partial charge in [-0.15, -0.1) is 0 Å². The number of rotatable bonds is 8. The second-order valence-corrected chi connectivity index (χ2v) is 7.05. The summed E-state index contributed by atoms with van der Waals surface area (Å²) in [6.45, 7) is 0.466. The number of ether oxygens (including phenoxy) is 1. The summed E-state index contributed by atoms with van der Waals surface area (Å²) in [5.74, 6) is 0. The number of benzene rings is 1. The Bertz CT molecular complexity index is 625. The van der Waals surface area contributed by atoms with Crippen molar-refractivity contribution in [2.24, 2.45) is 5.14 Å². The molecule has 20 heavy (non-hydrogen) atoms. The van der Waals surface area contributed by atoms with E-state index < -0.39 is 20.2 Å². The SMILES string of the molecule is COCCNS(=O)(=O)NCc1ccc(S(N)(=O)=O)cc1. The Morgan fingerprint density at radius 2 is 1.70 bits per heavy atom. The number of nitrogens with one attached hydrogen (secondary N) is 2. The second-order valence-electron chi connectivity index (χ2n) is 3.90. The number of primary sulfonamides is 1. The summed E-state index contributed by atoms with van der Waals surface area (Å²) in [5, 5.41) is 4.96. The Balaban J connectivity index is 2.58. The molecule has 1 rings (SSSR count). The highest BCUT2D eigenvalue weighted by atomic mass is 32.2. The lowest BCUT2D eigenvalue weighted by molar-refractivity contribution is 0.204. The topological polar surface area (TPSA) is 128 Å². The minimum Gasteiger partial charge on any atom is -0.383 e. The molecule has 0 aromatic heterocycles. The lowest BCUT2D eigenvalue weighted by Crippen LogP contribution is -2.37. The maximum absolute atomic E-state index is 11.5. The van der Waals surface area contributed by atoms with E-state index in [4.69, 9.17) is 9.88 Å². The average Bonchev–Trinajstić information content (AvgIpc) is 2.36. The zero-order chi connectivity index (χ0) is 15.2. The van der Waals surface area contributed by atoms with E-state index in [1.807, 2.05) is 0 Å². The van der Waals surface area contributed by atoms with Crippen molar-refractivity contribution in [1.82, 2.24) is 9.44 Å². The number of sulfonamides is 1. The highest BCUT2D eigenvalue weighted by Crippen LogP contribution is 2.08. The molecular formula is C10H17N3O5S2. The van der Waals surface area contributed by atoms with Crippen molar-refractivity contribution in [3.05, 3.63) is 29.8 Å². The van der Waals surface area contributed by atoms with Gasteiger partial charge in [0.15, 0.2) is 0 Å². The molecule has 10 heteroatoms. The zero-order valence-corrected chi connectivity index (χ0v) is 12.5. The summed E-state index contributed by atoms with van der Waals surface area (Å²) in [4.78, 5) is -0.0256. The predicted molar refractivity (Wildman–Crippen MR) is 73.5 cm³/mol. The first-order chi connectivity index (χ1) is 9.24. The number of methoxy groups -OCH3 is 1. The summed E-state index contributed by atoms with van der Waals surface area (Å²) in [6, 6.07) is 5.60. The van der Waals surface area contributed by atoms with Crippen LogP contribution in [0.5, 0.6) is 0 Å². The van der Waals surface area contributed by atoms with Gasteiger partial charge in [0.2, 0.25) is 10.0 Å². The third kappa shape index (κ3) is 5.94. The van der Waals surface area contributed by atoms with Crippen LogP contribution in [0.1, 0.15) is 5.56 Å². The Hall–Kier alpha value is -1.04. The van der Waals surface area contributed by atoms with Gasteiger partial charge in [-0.05, 0) is 17.7 Å². The van der Waals surface area contributed by atoms with E-state index in [2.05, 4.69) is 9.44 Å². The maximum Gasteiger partial charge on any atom is 0.277 e. The van der Waals surface area contributed by atoms with Crippen LogP contribution in [0.4, 0.5) is 0 Å². The van der Waals surface area contributed by atoms with Gasteiger partial charge in [-0.2, -0.15) is 17.9 Å². The Kier molecular flexibility index (Phi) is 6.05. The summed E-state index contributed by atoms with van der Waals surface area (Å²) >= 11 is 0. The lowest BCUT2D eigenvalue weighted by Gasteiger charge is -2.08. The molecule has 0 saturated carbocycles. The zero-order valence-electron chi connectivity index (χ0n) is 10.9. The quantitative estimate of drug-likeness (QED) is 0.523. The number of hydrogen-bond acceptors (Lipinski definition) is 5. The van der Waals surface area contributed by atoms with Crippen LogP contribution in [0.3, 0.4) is 0 Å². The molecule has 0 aliphatic carbocycles. The minimum absolute atomic E-state index is 0.0256. The molecule has 0 heterocycles. The molecule has 1 aromatic carbocycles. The van der Waals surface area contributed by atoms with Crippen molar-refractivity contribution in [2.75, 3.05) is 20.3 Å². The second kappa shape index (κ2) is 7.11. The normalized spacial score (nSPS) is 12.5. The van der Waals surface area contributed by atoms with Crippen molar-refractivity contribution >= 4 is 20.2 Å². The van der Waals surface area contributed by atoms with Crippen LogP contribution < -0.4 is 14.6 Å². The minimum atomic E-state index is -3.74. The molecule has 0 amide bonds. The van der Waals surface area contributed by atoms with E-state index in [0.29, 0.717) is 5.56 Å². The Labute approximate surface area is 118 Å². The molecule has 0 fully saturated rings. The highest BCUT2D eigenvalue weighted by Gasteiger charge is 2.10. The predicted octanol–water partition coefficient (Wildman–Crippen LogP) is -1.10. The number of hydrogen-bond donors (Lipinski definition) is 3. The molecule has 0 bridgehead atoms. The molecule has 8 nitrogen and oxygen atoms in total. The molecule has 1 aromatic rings.